The predicted molar refractivity (Wildman–Crippen MR) is 41.2 cm³/mol. The fourth-order valence-corrected chi connectivity index (χ4v) is 0.817. The van der Waals surface area contributed by atoms with Crippen molar-refractivity contribution in [1.82, 2.24) is 0 Å². The third kappa shape index (κ3) is 1.50. The summed E-state index contributed by atoms with van der Waals surface area (Å²) < 4.78 is 5.31. The second-order valence-corrected chi connectivity index (χ2v) is 2.09. The monoisotopic (exact) mass is 135 g/mol. The zero-order chi connectivity index (χ0) is 7.40. The van der Waals surface area contributed by atoms with Crippen molar-refractivity contribution in [3.63, 3.8) is 0 Å². The molecule has 0 N–H and O–H groups in total. The van der Waals surface area contributed by atoms with Crippen LogP contribution in [0.5, 0.6) is 5.75 Å². The lowest BCUT2D eigenvalue weighted by Gasteiger charge is -2.04. The number of hydrogen-bond donors (Lipinski definition) is 0. The molecule has 0 aliphatic rings. The molecule has 1 radical (unpaired) electrons. The van der Waals surface area contributed by atoms with E-state index in [9.17, 15) is 0 Å². The van der Waals surface area contributed by atoms with Gasteiger partial charge in [-0.05, 0) is 31.5 Å². The van der Waals surface area contributed by atoms with E-state index in [2.05, 4.69) is 6.07 Å². The van der Waals surface area contributed by atoms with Gasteiger partial charge >= 0.3 is 0 Å². The Morgan fingerprint density at radius 3 is 3.00 bits per heavy atom. The van der Waals surface area contributed by atoms with Crippen LogP contribution in [-0.4, -0.2) is 6.61 Å². The summed E-state index contributed by atoms with van der Waals surface area (Å²) in [6.07, 6.45) is 0. The molecule has 1 aromatic rings. The minimum Gasteiger partial charge on any atom is -0.494 e. The molecule has 1 rings (SSSR count). The van der Waals surface area contributed by atoms with Crippen LogP contribution >= 0.6 is 0 Å². The number of rotatable bonds is 2. The maximum Gasteiger partial charge on any atom is 0.122 e. The highest BCUT2D eigenvalue weighted by Gasteiger charge is 1.93. The molecule has 0 unspecified atom stereocenters. The van der Waals surface area contributed by atoms with Crippen LogP contribution < -0.4 is 4.74 Å². The summed E-state index contributed by atoms with van der Waals surface area (Å²) in [5.74, 6) is 0.935. The Bertz CT molecular complexity index is 206. The lowest BCUT2D eigenvalue weighted by molar-refractivity contribution is 0.338. The van der Waals surface area contributed by atoms with Gasteiger partial charge < -0.3 is 4.74 Å². The van der Waals surface area contributed by atoms with Crippen LogP contribution in [0.1, 0.15) is 12.5 Å². The quantitative estimate of drug-likeness (QED) is 0.604. The highest BCUT2D eigenvalue weighted by Crippen LogP contribution is 2.14. The van der Waals surface area contributed by atoms with E-state index in [0.29, 0.717) is 0 Å². The van der Waals surface area contributed by atoms with E-state index in [1.54, 1.807) is 0 Å². The van der Waals surface area contributed by atoms with Crippen molar-refractivity contribution >= 4 is 0 Å². The van der Waals surface area contributed by atoms with Crippen LogP contribution in [0.3, 0.4) is 0 Å². The molecule has 1 heteroatoms. The van der Waals surface area contributed by atoms with E-state index in [4.69, 9.17) is 4.74 Å². The number of benzene rings is 1. The number of aryl methyl sites for hydroxylation is 1. The first-order valence-electron chi connectivity index (χ1n) is 3.44. The van der Waals surface area contributed by atoms with Gasteiger partial charge in [-0.15, -0.1) is 0 Å². The molecule has 53 valence electrons. The van der Waals surface area contributed by atoms with Crippen molar-refractivity contribution in [2.45, 2.75) is 13.8 Å². The lowest BCUT2D eigenvalue weighted by Crippen LogP contribution is -1.92. The maximum absolute atomic E-state index is 5.31. The summed E-state index contributed by atoms with van der Waals surface area (Å²) in [4.78, 5) is 0. The topological polar surface area (TPSA) is 9.23 Å². The first-order valence-corrected chi connectivity index (χ1v) is 3.44. The van der Waals surface area contributed by atoms with Crippen LogP contribution in [-0.2, 0) is 0 Å². The largest absolute Gasteiger partial charge is 0.494 e. The Balaban J connectivity index is 2.81. The summed E-state index contributed by atoms with van der Waals surface area (Å²) in [6.45, 7) is 4.69. The Kier molecular flexibility index (Phi) is 2.32. The fourth-order valence-electron chi connectivity index (χ4n) is 0.817. The van der Waals surface area contributed by atoms with Gasteiger partial charge in [-0.25, -0.2) is 0 Å². The molecule has 0 spiro atoms. The minimum absolute atomic E-state index is 0.721. The summed E-state index contributed by atoms with van der Waals surface area (Å²) in [5.41, 5.74) is 1.07. The molecule has 0 saturated heterocycles. The average Bonchev–Trinajstić information content (AvgIpc) is 1.94. The average molecular weight is 135 g/mol. The molecule has 0 aliphatic carbocycles. The number of ether oxygens (including phenoxy) is 1. The van der Waals surface area contributed by atoms with Crippen molar-refractivity contribution in [2.24, 2.45) is 0 Å². The van der Waals surface area contributed by atoms with Gasteiger partial charge in [0.15, 0.2) is 0 Å². The predicted octanol–water partition coefficient (Wildman–Crippen LogP) is 2.19. The van der Waals surface area contributed by atoms with E-state index in [0.717, 1.165) is 17.9 Å². The van der Waals surface area contributed by atoms with Crippen molar-refractivity contribution in [3.8, 4) is 5.75 Å². The highest BCUT2D eigenvalue weighted by molar-refractivity contribution is 5.30. The van der Waals surface area contributed by atoms with E-state index in [1.807, 2.05) is 32.0 Å². The minimum atomic E-state index is 0.721. The van der Waals surface area contributed by atoms with Crippen molar-refractivity contribution in [3.05, 3.63) is 29.8 Å². The van der Waals surface area contributed by atoms with Gasteiger partial charge in [0.05, 0.1) is 6.61 Å². The Hall–Kier alpha value is -0.980. The normalized spacial score (nSPS) is 9.40. The Morgan fingerprint density at radius 1 is 1.60 bits per heavy atom. The molecule has 1 aromatic carbocycles. The van der Waals surface area contributed by atoms with Gasteiger partial charge in [-0.2, -0.15) is 0 Å². The summed E-state index contributed by atoms with van der Waals surface area (Å²) >= 11 is 0. The van der Waals surface area contributed by atoms with Crippen LogP contribution in [0, 0.1) is 13.0 Å². The van der Waals surface area contributed by atoms with Crippen LogP contribution in [0.25, 0.3) is 0 Å². The molecule has 10 heavy (non-hydrogen) atoms. The van der Waals surface area contributed by atoms with Gasteiger partial charge in [0, 0.05) is 0 Å². The second-order valence-electron chi connectivity index (χ2n) is 2.09. The standard InChI is InChI=1S/C9H11O/c1-3-10-9-7-5-4-6-8(9)2/h4-5,7H,3H2,1-2H3. The summed E-state index contributed by atoms with van der Waals surface area (Å²) in [5, 5.41) is 0. The highest BCUT2D eigenvalue weighted by atomic mass is 16.5. The van der Waals surface area contributed by atoms with E-state index in [1.165, 1.54) is 0 Å². The number of hydrogen-bond acceptors (Lipinski definition) is 1. The van der Waals surface area contributed by atoms with Gasteiger partial charge in [0.25, 0.3) is 0 Å². The zero-order valence-electron chi connectivity index (χ0n) is 6.35. The van der Waals surface area contributed by atoms with Gasteiger partial charge in [-0.3, -0.25) is 0 Å². The molecule has 0 aliphatic heterocycles. The smallest absolute Gasteiger partial charge is 0.122 e. The maximum atomic E-state index is 5.31. The second kappa shape index (κ2) is 3.25. The van der Waals surface area contributed by atoms with Gasteiger partial charge in [0.2, 0.25) is 0 Å². The molecule has 0 heterocycles. The van der Waals surface area contributed by atoms with Crippen molar-refractivity contribution in [1.29, 1.82) is 0 Å². The SMILES string of the molecule is CCOc1ccc[c]c1C. The molecule has 1 nitrogen and oxygen atoms in total. The van der Waals surface area contributed by atoms with Crippen LogP contribution in [0.4, 0.5) is 0 Å². The van der Waals surface area contributed by atoms with E-state index >= 15 is 0 Å². The lowest BCUT2D eigenvalue weighted by atomic mass is 10.2. The Morgan fingerprint density at radius 2 is 2.40 bits per heavy atom. The summed E-state index contributed by atoms with van der Waals surface area (Å²) in [6, 6.07) is 8.83. The van der Waals surface area contributed by atoms with Crippen LogP contribution in [0.15, 0.2) is 18.2 Å². The van der Waals surface area contributed by atoms with Crippen LogP contribution in [0.2, 0.25) is 0 Å². The van der Waals surface area contributed by atoms with Crippen molar-refractivity contribution < 1.29 is 4.74 Å². The molecule has 0 saturated carbocycles. The first-order chi connectivity index (χ1) is 4.84. The Labute approximate surface area is 61.6 Å². The van der Waals surface area contributed by atoms with E-state index in [-0.39, 0.29) is 0 Å². The molecule has 0 fully saturated rings. The van der Waals surface area contributed by atoms with Gasteiger partial charge in [0.1, 0.15) is 5.75 Å². The fraction of sp³-hybridized carbons (Fsp3) is 0.333. The van der Waals surface area contributed by atoms with E-state index < -0.39 is 0 Å². The van der Waals surface area contributed by atoms with Crippen molar-refractivity contribution in [2.75, 3.05) is 6.61 Å². The third-order valence-corrected chi connectivity index (χ3v) is 1.31. The molecule has 0 aromatic heterocycles. The van der Waals surface area contributed by atoms with Gasteiger partial charge in [-0.1, -0.05) is 12.1 Å². The molecular formula is C9H11O. The third-order valence-electron chi connectivity index (χ3n) is 1.31. The molecule has 0 bridgehead atoms. The molecular weight excluding hydrogens is 124 g/mol. The first kappa shape index (κ1) is 7.13. The summed E-state index contributed by atoms with van der Waals surface area (Å²) in [7, 11) is 0. The zero-order valence-corrected chi connectivity index (χ0v) is 6.35. The molecule has 0 atom stereocenters. The molecule has 0 amide bonds.